The maximum atomic E-state index is 13.0. The van der Waals surface area contributed by atoms with Crippen molar-refractivity contribution in [3.8, 4) is 11.3 Å². The quantitative estimate of drug-likeness (QED) is 0.464. The van der Waals surface area contributed by atoms with Gasteiger partial charge in [0, 0.05) is 54.7 Å². The van der Waals surface area contributed by atoms with E-state index < -0.39 is 0 Å². The summed E-state index contributed by atoms with van der Waals surface area (Å²) in [7, 11) is 1.85. The highest BCUT2D eigenvalue weighted by molar-refractivity contribution is 5.98. The number of Topliss-reactive ketones (excluding diaryl/α,β-unsaturated/α-hetero) is 1. The molecule has 7 nitrogen and oxygen atoms in total. The molecule has 0 saturated carbocycles. The number of hydrogen-bond acceptors (Lipinski definition) is 6. The van der Waals surface area contributed by atoms with E-state index in [1.165, 1.54) is 19.3 Å². The number of hydrogen-bond donors (Lipinski definition) is 0. The van der Waals surface area contributed by atoms with Crippen molar-refractivity contribution in [1.82, 2.24) is 25.0 Å². The first-order chi connectivity index (χ1) is 15.2. The number of nitrogens with zero attached hydrogens (tertiary/aromatic N) is 6. The summed E-state index contributed by atoms with van der Waals surface area (Å²) >= 11 is 0. The molecule has 0 bridgehead atoms. The normalized spacial score (nSPS) is 14.2. The standard InChI is InChI=1S/C24H24N6O/c1-29-16-22(27-28-29)17-5-6-19-15-26-21(12-20(19)11-17)14-23(31)18-7-8-25-24(13-18)30-9-3-2-4-10-30/h5-8,11-13,15-16H,2-4,9-10,14H2,1H3. The number of carbonyl (C=O) groups excluding carboxylic acids is 1. The number of rotatable bonds is 5. The van der Waals surface area contributed by atoms with E-state index >= 15 is 0 Å². The fraction of sp³-hybridized carbons (Fsp3) is 0.292. The number of anilines is 1. The minimum atomic E-state index is 0.0533. The van der Waals surface area contributed by atoms with Crippen LogP contribution in [0.4, 0.5) is 5.82 Å². The van der Waals surface area contributed by atoms with E-state index in [4.69, 9.17) is 0 Å². The van der Waals surface area contributed by atoms with E-state index in [2.05, 4.69) is 31.2 Å². The van der Waals surface area contributed by atoms with Crippen LogP contribution < -0.4 is 4.90 Å². The van der Waals surface area contributed by atoms with Gasteiger partial charge in [-0.05, 0) is 48.9 Å². The SMILES string of the molecule is Cn1cc(-c2ccc3cnc(CC(=O)c4ccnc(N5CCCCC5)c4)cc3c2)nn1. The molecule has 1 fully saturated rings. The molecule has 3 aromatic heterocycles. The van der Waals surface area contributed by atoms with Gasteiger partial charge in [-0.1, -0.05) is 17.3 Å². The van der Waals surface area contributed by atoms with Crippen molar-refractivity contribution in [3.05, 3.63) is 66.2 Å². The molecule has 0 N–H and O–H groups in total. The summed E-state index contributed by atoms with van der Waals surface area (Å²) in [5.41, 5.74) is 3.25. The molecule has 156 valence electrons. The van der Waals surface area contributed by atoms with E-state index in [0.29, 0.717) is 5.56 Å². The lowest BCUT2D eigenvalue weighted by molar-refractivity contribution is 0.0992. The Morgan fingerprint density at radius 2 is 1.87 bits per heavy atom. The summed E-state index contributed by atoms with van der Waals surface area (Å²) in [5, 5.41) is 10.2. The molecule has 0 aliphatic carbocycles. The summed E-state index contributed by atoms with van der Waals surface area (Å²) in [6.07, 6.45) is 9.32. The van der Waals surface area contributed by atoms with Gasteiger partial charge in [0.15, 0.2) is 5.78 Å². The number of pyridine rings is 2. The predicted molar refractivity (Wildman–Crippen MR) is 120 cm³/mol. The smallest absolute Gasteiger partial charge is 0.169 e. The molecule has 5 rings (SSSR count). The molecule has 1 aliphatic heterocycles. The molecule has 4 heterocycles. The first-order valence-electron chi connectivity index (χ1n) is 10.7. The second-order valence-electron chi connectivity index (χ2n) is 8.07. The van der Waals surface area contributed by atoms with Crippen molar-refractivity contribution in [2.24, 2.45) is 7.05 Å². The van der Waals surface area contributed by atoms with Gasteiger partial charge in [0.1, 0.15) is 11.5 Å². The van der Waals surface area contributed by atoms with Crippen LogP contribution in [0.3, 0.4) is 0 Å². The maximum Gasteiger partial charge on any atom is 0.169 e. The molecule has 31 heavy (non-hydrogen) atoms. The van der Waals surface area contributed by atoms with Gasteiger partial charge in [-0.2, -0.15) is 0 Å². The van der Waals surface area contributed by atoms with Gasteiger partial charge >= 0.3 is 0 Å². The summed E-state index contributed by atoms with van der Waals surface area (Å²) in [4.78, 5) is 24.2. The highest BCUT2D eigenvalue weighted by atomic mass is 16.1. The van der Waals surface area contributed by atoms with E-state index in [-0.39, 0.29) is 12.2 Å². The van der Waals surface area contributed by atoms with E-state index in [9.17, 15) is 4.79 Å². The lowest BCUT2D eigenvalue weighted by Crippen LogP contribution is -2.30. The summed E-state index contributed by atoms with van der Waals surface area (Å²) in [5.74, 6) is 0.947. The van der Waals surface area contributed by atoms with Crippen LogP contribution in [0.2, 0.25) is 0 Å². The number of fused-ring (bicyclic) bond motifs is 1. The fourth-order valence-electron chi connectivity index (χ4n) is 4.08. The third-order valence-electron chi connectivity index (χ3n) is 5.77. The van der Waals surface area contributed by atoms with Crippen LogP contribution in [-0.4, -0.2) is 43.8 Å². The number of aromatic nitrogens is 5. The maximum absolute atomic E-state index is 13.0. The largest absolute Gasteiger partial charge is 0.357 e. The highest BCUT2D eigenvalue weighted by Gasteiger charge is 2.15. The molecule has 1 aliphatic rings. The van der Waals surface area contributed by atoms with E-state index in [1.807, 2.05) is 43.7 Å². The van der Waals surface area contributed by atoms with Crippen molar-refractivity contribution < 1.29 is 4.79 Å². The van der Waals surface area contributed by atoms with Crippen LogP contribution >= 0.6 is 0 Å². The summed E-state index contributed by atoms with van der Waals surface area (Å²) in [6.45, 7) is 2.01. The zero-order valence-corrected chi connectivity index (χ0v) is 17.5. The second kappa shape index (κ2) is 8.26. The van der Waals surface area contributed by atoms with Gasteiger partial charge in [-0.25, -0.2) is 4.98 Å². The topological polar surface area (TPSA) is 76.8 Å². The van der Waals surface area contributed by atoms with E-state index in [0.717, 1.165) is 46.6 Å². The Morgan fingerprint density at radius 1 is 1.00 bits per heavy atom. The van der Waals surface area contributed by atoms with Crippen molar-refractivity contribution in [2.75, 3.05) is 18.0 Å². The van der Waals surface area contributed by atoms with Gasteiger partial charge in [0.2, 0.25) is 0 Å². The minimum absolute atomic E-state index is 0.0533. The van der Waals surface area contributed by atoms with Crippen molar-refractivity contribution in [1.29, 1.82) is 0 Å². The Morgan fingerprint density at radius 3 is 2.68 bits per heavy atom. The number of aryl methyl sites for hydroxylation is 1. The van der Waals surface area contributed by atoms with Gasteiger partial charge in [-0.15, -0.1) is 5.10 Å². The molecule has 0 radical (unpaired) electrons. The second-order valence-corrected chi connectivity index (χ2v) is 8.07. The fourth-order valence-corrected chi connectivity index (χ4v) is 4.08. The highest BCUT2D eigenvalue weighted by Crippen LogP contribution is 2.24. The molecule has 0 amide bonds. The van der Waals surface area contributed by atoms with Gasteiger partial charge in [0.05, 0.1) is 12.6 Å². The number of carbonyl (C=O) groups is 1. The molecular formula is C24H24N6O. The Balaban J connectivity index is 1.37. The Kier molecular flexibility index (Phi) is 5.16. The third kappa shape index (κ3) is 4.17. The molecule has 0 atom stereocenters. The molecule has 0 unspecified atom stereocenters. The van der Waals surface area contributed by atoms with Crippen LogP contribution in [0.15, 0.2) is 55.0 Å². The number of ketones is 1. The van der Waals surface area contributed by atoms with Crippen LogP contribution in [0.1, 0.15) is 35.3 Å². The minimum Gasteiger partial charge on any atom is -0.357 e. The molecule has 0 spiro atoms. The van der Waals surface area contributed by atoms with Gasteiger partial charge in [0.25, 0.3) is 0 Å². The molecule has 4 aromatic rings. The first-order valence-corrected chi connectivity index (χ1v) is 10.7. The average molecular weight is 412 g/mol. The van der Waals surface area contributed by atoms with Crippen LogP contribution in [-0.2, 0) is 13.5 Å². The Bertz CT molecular complexity index is 1240. The van der Waals surface area contributed by atoms with Crippen LogP contribution in [0.25, 0.3) is 22.0 Å². The monoisotopic (exact) mass is 412 g/mol. The van der Waals surface area contributed by atoms with Crippen molar-refractivity contribution in [3.63, 3.8) is 0 Å². The first kappa shape index (κ1) is 19.4. The lowest BCUT2D eigenvalue weighted by atomic mass is 10.0. The van der Waals surface area contributed by atoms with Crippen molar-refractivity contribution >= 4 is 22.4 Å². The number of piperidine rings is 1. The molecule has 1 saturated heterocycles. The Hall–Kier alpha value is -3.61. The van der Waals surface area contributed by atoms with Crippen LogP contribution in [0, 0.1) is 0 Å². The van der Waals surface area contributed by atoms with Gasteiger partial charge in [-0.3, -0.25) is 14.5 Å². The predicted octanol–water partition coefficient (Wildman–Crippen LogP) is 3.84. The molecule has 1 aromatic carbocycles. The zero-order valence-electron chi connectivity index (χ0n) is 17.5. The lowest BCUT2D eigenvalue weighted by Gasteiger charge is -2.27. The van der Waals surface area contributed by atoms with Crippen LogP contribution in [0.5, 0.6) is 0 Å². The van der Waals surface area contributed by atoms with Gasteiger partial charge < -0.3 is 4.90 Å². The zero-order chi connectivity index (χ0) is 21.2. The van der Waals surface area contributed by atoms with Crippen molar-refractivity contribution in [2.45, 2.75) is 25.7 Å². The molecular weight excluding hydrogens is 388 g/mol. The summed E-state index contributed by atoms with van der Waals surface area (Å²) < 4.78 is 1.68. The number of benzene rings is 1. The van der Waals surface area contributed by atoms with E-state index in [1.54, 1.807) is 16.9 Å². The molecule has 7 heteroatoms. The average Bonchev–Trinajstić information content (AvgIpc) is 3.25. The third-order valence-corrected chi connectivity index (χ3v) is 5.77. The Labute approximate surface area is 180 Å². The summed E-state index contributed by atoms with van der Waals surface area (Å²) in [6, 6.07) is 11.8.